The van der Waals surface area contributed by atoms with Crippen LogP contribution in [0.1, 0.15) is 43.2 Å². The number of benzene rings is 1. The molecule has 2 N–H and O–H groups in total. The maximum Gasteiger partial charge on any atom is 0.416 e. The van der Waals surface area contributed by atoms with Crippen LogP contribution in [-0.4, -0.2) is 0 Å². The van der Waals surface area contributed by atoms with Gasteiger partial charge in [-0.05, 0) is 31.0 Å². The Kier molecular flexibility index (Phi) is 3.36. The number of hydrogen-bond donors (Lipinski definition) is 1. The molecule has 0 aliphatic heterocycles. The molecule has 1 aromatic carbocycles. The van der Waals surface area contributed by atoms with Gasteiger partial charge in [0.15, 0.2) is 0 Å². The van der Waals surface area contributed by atoms with Gasteiger partial charge in [-0.25, -0.2) is 4.39 Å². The normalized spacial score (nSPS) is 19.8. The molecule has 0 amide bonds. The number of rotatable bonds is 1. The quantitative estimate of drug-likeness (QED) is 0.761. The second-order valence-electron chi connectivity index (χ2n) is 4.91. The molecule has 0 heterocycles. The Balaban J connectivity index is 2.43. The summed E-state index contributed by atoms with van der Waals surface area (Å²) in [6.07, 6.45) is -0.748. The van der Waals surface area contributed by atoms with Gasteiger partial charge in [0, 0.05) is 11.1 Å². The fourth-order valence-electron chi connectivity index (χ4n) is 2.54. The van der Waals surface area contributed by atoms with E-state index in [1.165, 1.54) is 0 Å². The number of alkyl halides is 3. The van der Waals surface area contributed by atoms with Gasteiger partial charge < -0.3 is 5.73 Å². The van der Waals surface area contributed by atoms with Gasteiger partial charge in [0.05, 0.1) is 5.56 Å². The van der Waals surface area contributed by atoms with Gasteiger partial charge in [-0.15, -0.1) is 0 Å². The molecule has 18 heavy (non-hydrogen) atoms. The van der Waals surface area contributed by atoms with Crippen LogP contribution < -0.4 is 5.73 Å². The Hall–Kier alpha value is -1.10. The van der Waals surface area contributed by atoms with Gasteiger partial charge in [-0.2, -0.15) is 13.2 Å². The van der Waals surface area contributed by atoms with Crippen molar-refractivity contribution in [1.29, 1.82) is 0 Å². The van der Waals surface area contributed by atoms with Crippen LogP contribution in [0.15, 0.2) is 18.2 Å². The molecule has 100 valence electrons. The molecule has 1 nitrogen and oxygen atoms in total. The summed E-state index contributed by atoms with van der Waals surface area (Å²) >= 11 is 0. The lowest BCUT2D eigenvalue weighted by molar-refractivity contribution is -0.137. The van der Waals surface area contributed by atoms with E-state index in [1.54, 1.807) is 0 Å². The Morgan fingerprint density at radius 3 is 2.22 bits per heavy atom. The molecule has 0 spiro atoms. The molecule has 1 aliphatic rings. The summed E-state index contributed by atoms with van der Waals surface area (Å²) in [5, 5.41) is 0. The van der Waals surface area contributed by atoms with Crippen molar-refractivity contribution in [1.82, 2.24) is 0 Å². The lowest BCUT2D eigenvalue weighted by Crippen LogP contribution is -2.39. The van der Waals surface area contributed by atoms with Gasteiger partial charge >= 0.3 is 6.18 Å². The Morgan fingerprint density at radius 2 is 1.67 bits per heavy atom. The first-order chi connectivity index (χ1) is 8.33. The maximum absolute atomic E-state index is 13.7. The Bertz CT molecular complexity index is 433. The second-order valence-corrected chi connectivity index (χ2v) is 4.91. The standard InChI is InChI=1S/C13H15F4N/c14-11-5-4-9(13(15,16)17)8-10(11)12(18)6-2-1-3-7-12/h4-5,8H,1-3,6-7,18H2. The van der Waals surface area contributed by atoms with E-state index < -0.39 is 23.1 Å². The highest BCUT2D eigenvalue weighted by molar-refractivity contribution is 5.32. The summed E-state index contributed by atoms with van der Waals surface area (Å²) < 4.78 is 51.6. The molecular weight excluding hydrogens is 246 g/mol. The summed E-state index contributed by atoms with van der Waals surface area (Å²) in [5.41, 5.74) is 4.29. The van der Waals surface area contributed by atoms with E-state index in [0.717, 1.165) is 37.5 Å². The largest absolute Gasteiger partial charge is 0.416 e. The van der Waals surface area contributed by atoms with Crippen LogP contribution in [0.5, 0.6) is 0 Å². The van der Waals surface area contributed by atoms with Crippen molar-refractivity contribution in [2.24, 2.45) is 5.73 Å². The zero-order chi connectivity index (χ0) is 13.4. The molecule has 0 unspecified atom stereocenters. The van der Waals surface area contributed by atoms with E-state index >= 15 is 0 Å². The minimum Gasteiger partial charge on any atom is -0.321 e. The Morgan fingerprint density at radius 1 is 1.06 bits per heavy atom. The highest BCUT2D eigenvalue weighted by atomic mass is 19.4. The Labute approximate surface area is 103 Å². The first-order valence-corrected chi connectivity index (χ1v) is 5.99. The average molecular weight is 261 g/mol. The predicted molar refractivity (Wildman–Crippen MR) is 60.4 cm³/mol. The molecule has 1 fully saturated rings. The molecular formula is C13H15F4N. The first-order valence-electron chi connectivity index (χ1n) is 5.99. The molecule has 1 aromatic rings. The van der Waals surface area contributed by atoms with Crippen molar-refractivity contribution in [2.75, 3.05) is 0 Å². The van der Waals surface area contributed by atoms with Crippen LogP contribution in [0.2, 0.25) is 0 Å². The maximum atomic E-state index is 13.7. The smallest absolute Gasteiger partial charge is 0.321 e. The highest BCUT2D eigenvalue weighted by Crippen LogP contribution is 2.38. The topological polar surface area (TPSA) is 26.0 Å². The van der Waals surface area contributed by atoms with E-state index in [-0.39, 0.29) is 5.56 Å². The summed E-state index contributed by atoms with van der Waals surface area (Å²) in [4.78, 5) is 0. The second kappa shape index (κ2) is 4.53. The molecule has 0 bridgehead atoms. The van der Waals surface area contributed by atoms with Crippen LogP contribution in [0.25, 0.3) is 0 Å². The van der Waals surface area contributed by atoms with E-state index in [0.29, 0.717) is 12.8 Å². The number of halogens is 4. The average Bonchev–Trinajstić information content (AvgIpc) is 2.28. The zero-order valence-corrected chi connectivity index (χ0v) is 9.86. The lowest BCUT2D eigenvalue weighted by Gasteiger charge is -2.34. The third-order valence-electron chi connectivity index (χ3n) is 3.58. The molecule has 0 atom stereocenters. The number of hydrogen-bond acceptors (Lipinski definition) is 1. The highest BCUT2D eigenvalue weighted by Gasteiger charge is 2.36. The molecule has 0 aromatic heterocycles. The molecule has 0 radical (unpaired) electrons. The van der Waals surface area contributed by atoms with Gasteiger partial charge in [0.2, 0.25) is 0 Å². The van der Waals surface area contributed by atoms with Crippen molar-refractivity contribution < 1.29 is 17.6 Å². The molecule has 0 saturated heterocycles. The summed E-state index contributed by atoms with van der Waals surface area (Å²) in [6, 6.07) is 2.48. The van der Waals surface area contributed by atoms with E-state index in [2.05, 4.69) is 0 Å². The molecule has 2 rings (SSSR count). The predicted octanol–water partition coefficient (Wildman–Crippen LogP) is 3.96. The SMILES string of the molecule is NC1(c2cc(C(F)(F)F)ccc2F)CCCCC1. The minimum atomic E-state index is -4.46. The van der Waals surface area contributed by atoms with Crippen LogP contribution in [-0.2, 0) is 11.7 Å². The van der Waals surface area contributed by atoms with E-state index in [4.69, 9.17) is 5.73 Å². The summed E-state index contributed by atoms with van der Waals surface area (Å²) in [7, 11) is 0. The third kappa shape index (κ3) is 2.51. The van der Waals surface area contributed by atoms with Gasteiger partial charge in [0.1, 0.15) is 5.82 Å². The van der Waals surface area contributed by atoms with Crippen LogP contribution in [0.3, 0.4) is 0 Å². The van der Waals surface area contributed by atoms with Crippen molar-refractivity contribution in [3.63, 3.8) is 0 Å². The lowest BCUT2D eigenvalue weighted by atomic mass is 9.77. The van der Waals surface area contributed by atoms with E-state index in [9.17, 15) is 17.6 Å². The monoisotopic (exact) mass is 261 g/mol. The van der Waals surface area contributed by atoms with Crippen molar-refractivity contribution in [2.45, 2.75) is 43.8 Å². The number of nitrogens with two attached hydrogens (primary N) is 1. The van der Waals surface area contributed by atoms with Crippen LogP contribution >= 0.6 is 0 Å². The first kappa shape index (κ1) is 13.3. The fraction of sp³-hybridized carbons (Fsp3) is 0.538. The van der Waals surface area contributed by atoms with E-state index in [1.807, 2.05) is 0 Å². The van der Waals surface area contributed by atoms with Gasteiger partial charge in [-0.3, -0.25) is 0 Å². The third-order valence-corrected chi connectivity index (χ3v) is 3.58. The molecule has 5 heteroatoms. The van der Waals surface area contributed by atoms with Crippen molar-refractivity contribution in [3.05, 3.63) is 35.1 Å². The summed E-state index contributed by atoms with van der Waals surface area (Å²) in [6.45, 7) is 0. The molecule has 1 aliphatic carbocycles. The van der Waals surface area contributed by atoms with Gasteiger partial charge in [-0.1, -0.05) is 19.3 Å². The van der Waals surface area contributed by atoms with Crippen molar-refractivity contribution in [3.8, 4) is 0 Å². The van der Waals surface area contributed by atoms with Crippen LogP contribution in [0.4, 0.5) is 17.6 Å². The van der Waals surface area contributed by atoms with Gasteiger partial charge in [0.25, 0.3) is 0 Å². The fourth-order valence-corrected chi connectivity index (χ4v) is 2.54. The summed E-state index contributed by atoms with van der Waals surface area (Å²) in [5.74, 6) is -0.646. The van der Waals surface area contributed by atoms with Crippen LogP contribution in [0, 0.1) is 5.82 Å². The zero-order valence-electron chi connectivity index (χ0n) is 9.86. The minimum absolute atomic E-state index is 0.00275. The van der Waals surface area contributed by atoms with Crippen molar-refractivity contribution >= 4 is 0 Å². The molecule has 1 saturated carbocycles.